The summed E-state index contributed by atoms with van der Waals surface area (Å²) in [5.74, 6) is 0.934. The van der Waals surface area contributed by atoms with Crippen molar-refractivity contribution in [3.8, 4) is 0 Å². The molecule has 1 unspecified atom stereocenters. The van der Waals surface area contributed by atoms with Crippen LogP contribution in [0.3, 0.4) is 0 Å². The van der Waals surface area contributed by atoms with Crippen molar-refractivity contribution in [3.63, 3.8) is 0 Å². The smallest absolute Gasteiger partial charge is 0.135 e. The molecule has 0 spiro atoms. The van der Waals surface area contributed by atoms with Crippen LogP contribution in [0, 0.1) is 5.92 Å². The predicted octanol–water partition coefficient (Wildman–Crippen LogP) is 3.29. The fourth-order valence-corrected chi connectivity index (χ4v) is 2.19. The molecule has 0 heterocycles. The molecule has 1 fully saturated rings. The molecule has 0 aliphatic heterocycles. The van der Waals surface area contributed by atoms with E-state index in [9.17, 15) is 9.59 Å². The first-order valence-electron chi connectivity index (χ1n) is 6.28. The maximum atomic E-state index is 11.5. The van der Waals surface area contributed by atoms with E-state index in [2.05, 4.69) is 6.92 Å². The average molecular weight is 210 g/mol. The van der Waals surface area contributed by atoms with Gasteiger partial charge in [-0.3, -0.25) is 9.59 Å². The van der Waals surface area contributed by atoms with E-state index in [1.54, 1.807) is 0 Å². The summed E-state index contributed by atoms with van der Waals surface area (Å²) in [7, 11) is 0. The van der Waals surface area contributed by atoms with Crippen LogP contribution >= 0.6 is 0 Å². The summed E-state index contributed by atoms with van der Waals surface area (Å²) in [5, 5.41) is 0. The van der Waals surface area contributed by atoms with Crippen molar-refractivity contribution in [2.75, 3.05) is 0 Å². The lowest BCUT2D eigenvalue weighted by Gasteiger charge is -2.19. The van der Waals surface area contributed by atoms with Crippen molar-refractivity contribution in [1.29, 1.82) is 0 Å². The number of hydrogen-bond acceptors (Lipinski definition) is 2. The number of hydrogen-bond donors (Lipinski definition) is 0. The quantitative estimate of drug-likeness (QED) is 0.674. The van der Waals surface area contributed by atoms with Crippen molar-refractivity contribution in [1.82, 2.24) is 0 Å². The Hall–Kier alpha value is -0.660. The van der Waals surface area contributed by atoms with Gasteiger partial charge in [-0.25, -0.2) is 0 Å². The second kappa shape index (κ2) is 6.76. The molecule has 0 bridgehead atoms. The molecular formula is C13H22O2. The molecule has 0 aromatic heterocycles. The molecule has 2 nitrogen and oxygen atoms in total. The Morgan fingerprint density at radius 3 is 2.80 bits per heavy atom. The van der Waals surface area contributed by atoms with Crippen LogP contribution in [0.2, 0.25) is 0 Å². The summed E-state index contributed by atoms with van der Waals surface area (Å²) < 4.78 is 0. The highest BCUT2D eigenvalue weighted by Gasteiger charge is 2.22. The van der Waals surface area contributed by atoms with E-state index >= 15 is 0 Å². The maximum Gasteiger partial charge on any atom is 0.135 e. The SMILES string of the molecule is CCCCC(=O)CCC1CCCCC1=O. The van der Waals surface area contributed by atoms with Crippen molar-refractivity contribution in [2.24, 2.45) is 5.92 Å². The molecule has 15 heavy (non-hydrogen) atoms. The molecule has 1 aliphatic carbocycles. The van der Waals surface area contributed by atoms with Gasteiger partial charge in [0.05, 0.1) is 0 Å². The minimum atomic E-state index is 0.198. The first-order chi connectivity index (χ1) is 7.24. The molecule has 86 valence electrons. The Bertz CT molecular complexity index is 221. The molecule has 1 atom stereocenters. The van der Waals surface area contributed by atoms with Crippen LogP contribution in [0.4, 0.5) is 0 Å². The van der Waals surface area contributed by atoms with Crippen LogP contribution in [0.15, 0.2) is 0 Å². The van der Waals surface area contributed by atoms with E-state index in [4.69, 9.17) is 0 Å². The van der Waals surface area contributed by atoms with Crippen LogP contribution in [-0.4, -0.2) is 11.6 Å². The lowest BCUT2D eigenvalue weighted by Crippen LogP contribution is -2.19. The molecule has 0 saturated heterocycles. The van der Waals surface area contributed by atoms with Gasteiger partial charge in [0.1, 0.15) is 11.6 Å². The molecule has 0 aromatic rings. The minimum Gasteiger partial charge on any atom is -0.300 e. The van der Waals surface area contributed by atoms with Crippen LogP contribution in [0.5, 0.6) is 0 Å². The highest BCUT2D eigenvalue weighted by atomic mass is 16.1. The highest BCUT2D eigenvalue weighted by molar-refractivity contribution is 5.83. The standard InChI is InChI=1S/C13H22O2/c1-2-3-7-12(14)10-9-11-6-4-5-8-13(11)15/h11H,2-10H2,1H3. The van der Waals surface area contributed by atoms with E-state index in [1.165, 1.54) is 6.42 Å². The average Bonchev–Trinajstić information content (AvgIpc) is 2.25. The van der Waals surface area contributed by atoms with Gasteiger partial charge in [0.2, 0.25) is 0 Å². The predicted molar refractivity (Wildman–Crippen MR) is 60.7 cm³/mol. The Balaban J connectivity index is 2.17. The minimum absolute atomic E-state index is 0.198. The number of ketones is 2. The lowest BCUT2D eigenvalue weighted by atomic mass is 9.84. The van der Waals surface area contributed by atoms with Gasteiger partial charge < -0.3 is 0 Å². The van der Waals surface area contributed by atoms with E-state index in [-0.39, 0.29) is 5.92 Å². The number of carbonyl (C=O) groups is 2. The zero-order chi connectivity index (χ0) is 11.1. The van der Waals surface area contributed by atoms with Crippen molar-refractivity contribution in [3.05, 3.63) is 0 Å². The van der Waals surface area contributed by atoms with Crippen LogP contribution in [0.1, 0.15) is 64.7 Å². The summed E-state index contributed by atoms with van der Waals surface area (Å²) in [6, 6.07) is 0. The largest absolute Gasteiger partial charge is 0.300 e. The third-order valence-electron chi connectivity index (χ3n) is 3.26. The summed E-state index contributed by atoms with van der Waals surface area (Å²) >= 11 is 0. The lowest BCUT2D eigenvalue weighted by molar-refractivity contribution is -0.125. The number of unbranched alkanes of at least 4 members (excludes halogenated alkanes) is 1. The van der Waals surface area contributed by atoms with E-state index in [0.717, 1.165) is 38.5 Å². The van der Waals surface area contributed by atoms with Crippen LogP contribution < -0.4 is 0 Å². The summed E-state index contributed by atoms with van der Waals surface area (Å²) in [4.78, 5) is 22.9. The zero-order valence-corrected chi connectivity index (χ0v) is 9.76. The zero-order valence-electron chi connectivity index (χ0n) is 9.76. The highest BCUT2D eigenvalue weighted by Crippen LogP contribution is 2.24. The van der Waals surface area contributed by atoms with E-state index in [1.807, 2.05) is 0 Å². The third-order valence-corrected chi connectivity index (χ3v) is 3.26. The summed E-state index contributed by atoms with van der Waals surface area (Å²) in [5.41, 5.74) is 0. The van der Waals surface area contributed by atoms with Crippen molar-refractivity contribution in [2.45, 2.75) is 64.7 Å². The van der Waals surface area contributed by atoms with Gasteiger partial charge in [0.15, 0.2) is 0 Å². The Kier molecular flexibility index (Phi) is 5.59. The van der Waals surface area contributed by atoms with Gasteiger partial charge in [-0.15, -0.1) is 0 Å². The fourth-order valence-electron chi connectivity index (χ4n) is 2.19. The van der Waals surface area contributed by atoms with Crippen LogP contribution in [0.25, 0.3) is 0 Å². The van der Waals surface area contributed by atoms with Gasteiger partial charge in [-0.1, -0.05) is 19.8 Å². The third kappa shape index (κ3) is 4.59. The molecule has 2 heteroatoms. The monoisotopic (exact) mass is 210 g/mol. The molecular weight excluding hydrogens is 188 g/mol. The molecule has 0 aromatic carbocycles. The molecule has 0 amide bonds. The first-order valence-corrected chi connectivity index (χ1v) is 6.28. The van der Waals surface area contributed by atoms with Gasteiger partial charge >= 0.3 is 0 Å². The molecule has 0 radical (unpaired) electrons. The number of carbonyl (C=O) groups excluding carboxylic acids is 2. The van der Waals surface area contributed by atoms with Gasteiger partial charge in [0, 0.05) is 25.2 Å². The van der Waals surface area contributed by atoms with Gasteiger partial charge in [0.25, 0.3) is 0 Å². The molecule has 1 aliphatic rings. The summed E-state index contributed by atoms with van der Waals surface area (Å²) in [6.45, 7) is 2.10. The maximum absolute atomic E-state index is 11.5. The second-order valence-corrected chi connectivity index (χ2v) is 4.59. The summed E-state index contributed by atoms with van der Waals surface area (Å²) in [6.07, 6.45) is 8.19. The topological polar surface area (TPSA) is 34.1 Å². The van der Waals surface area contributed by atoms with Gasteiger partial charge in [-0.05, 0) is 25.7 Å². The van der Waals surface area contributed by atoms with E-state index in [0.29, 0.717) is 24.4 Å². The number of Topliss-reactive ketones (excluding diaryl/α,β-unsaturated/α-hetero) is 2. The van der Waals surface area contributed by atoms with Crippen molar-refractivity contribution < 1.29 is 9.59 Å². The number of rotatable bonds is 6. The van der Waals surface area contributed by atoms with Crippen molar-refractivity contribution >= 4 is 11.6 Å². The normalized spacial score (nSPS) is 21.7. The first kappa shape index (κ1) is 12.4. The molecule has 1 saturated carbocycles. The molecule has 0 N–H and O–H groups in total. The van der Waals surface area contributed by atoms with E-state index < -0.39 is 0 Å². The second-order valence-electron chi connectivity index (χ2n) is 4.59. The molecule has 1 rings (SSSR count). The van der Waals surface area contributed by atoms with Crippen LogP contribution in [-0.2, 0) is 9.59 Å². The Labute approximate surface area is 92.4 Å². The Morgan fingerprint density at radius 2 is 2.13 bits per heavy atom. The fraction of sp³-hybridized carbons (Fsp3) is 0.846. The Morgan fingerprint density at radius 1 is 1.33 bits per heavy atom. The van der Waals surface area contributed by atoms with Gasteiger partial charge in [-0.2, -0.15) is 0 Å².